The normalized spacial score (nSPS) is 11.4. The molecule has 0 bridgehead atoms. The Morgan fingerprint density at radius 2 is 1.96 bits per heavy atom. The topological polar surface area (TPSA) is 41.4 Å². The summed E-state index contributed by atoms with van der Waals surface area (Å²) in [6.07, 6.45) is 6.99. The highest BCUT2D eigenvalue weighted by atomic mass is 35.5. The second kappa shape index (κ2) is 8.66. The molecule has 0 aliphatic rings. The van der Waals surface area contributed by atoms with Crippen molar-refractivity contribution < 1.29 is 4.79 Å². The molecular formula is C18H23ClN4O. The van der Waals surface area contributed by atoms with E-state index in [0.717, 1.165) is 17.7 Å². The lowest BCUT2D eigenvalue weighted by atomic mass is 10.2. The highest BCUT2D eigenvalue weighted by molar-refractivity contribution is 6.30. The van der Waals surface area contributed by atoms with Crippen LogP contribution in [0.15, 0.2) is 42.7 Å². The maximum absolute atomic E-state index is 12.6. The van der Waals surface area contributed by atoms with Crippen molar-refractivity contribution in [1.82, 2.24) is 19.6 Å². The van der Waals surface area contributed by atoms with Crippen molar-refractivity contribution in [2.75, 3.05) is 27.2 Å². The molecule has 0 unspecified atom stereocenters. The molecule has 1 amide bonds. The number of aromatic nitrogens is 2. The summed E-state index contributed by atoms with van der Waals surface area (Å²) in [5.41, 5.74) is 1.96. The van der Waals surface area contributed by atoms with Crippen LogP contribution in [-0.2, 0) is 18.4 Å². The molecule has 128 valence electrons. The third kappa shape index (κ3) is 5.83. The lowest BCUT2D eigenvalue weighted by Gasteiger charge is -2.23. The van der Waals surface area contributed by atoms with E-state index in [9.17, 15) is 4.79 Å². The Morgan fingerprint density at radius 1 is 1.25 bits per heavy atom. The van der Waals surface area contributed by atoms with Crippen LogP contribution in [0.2, 0.25) is 5.02 Å². The van der Waals surface area contributed by atoms with Crippen LogP contribution in [0.3, 0.4) is 0 Å². The first-order valence-corrected chi connectivity index (χ1v) is 8.16. The van der Waals surface area contributed by atoms with Gasteiger partial charge in [-0.1, -0.05) is 23.7 Å². The number of likely N-dealkylation sites (N-methyl/N-ethyl adjacent to an activating group) is 1. The lowest BCUT2D eigenvalue weighted by Crippen LogP contribution is -2.35. The zero-order valence-electron chi connectivity index (χ0n) is 14.3. The van der Waals surface area contributed by atoms with E-state index in [-0.39, 0.29) is 5.91 Å². The molecule has 0 spiro atoms. The molecule has 5 nitrogen and oxygen atoms in total. The highest BCUT2D eigenvalue weighted by Crippen LogP contribution is 2.12. The number of aryl methyl sites for hydroxylation is 1. The van der Waals surface area contributed by atoms with Crippen LogP contribution in [0.5, 0.6) is 0 Å². The van der Waals surface area contributed by atoms with Crippen LogP contribution in [-0.4, -0.2) is 52.7 Å². The summed E-state index contributed by atoms with van der Waals surface area (Å²) in [6, 6.07) is 7.58. The third-order valence-electron chi connectivity index (χ3n) is 3.56. The van der Waals surface area contributed by atoms with Crippen LogP contribution in [0.25, 0.3) is 6.08 Å². The summed E-state index contributed by atoms with van der Waals surface area (Å²) in [5.74, 6) is -0.0179. The Kier molecular flexibility index (Phi) is 6.58. The first-order valence-electron chi connectivity index (χ1n) is 7.79. The summed E-state index contributed by atoms with van der Waals surface area (Å²) >= 11 is 5.93. The summed E-state index contributed by atoms with van der Waals surface area (Å²) in [7, 11) is 5.84. The quantitative estimate of drug-likeness (QED) is 0.724. The minimum absolute atomic E-state index is 0.0179. The van der Waals surface area contributed by atoms with Gasteiger partial charge in [0.15, 0.2) is 0 Å². The van der Waals surface area contributed by atoms with E-state index >= 15 is 0 Å². The zero-order valence-corrected chi connectivity index (χ0v) is 15.1. The van der Waals surface area contributed by atoms with E-state index in [1.54, 1.807) is 23.0 Å². The fourth-order valence-electron chi connectivity index (χ4n) is 2.20. The van der Waals surface area contributed by atoms with Gasteiger partial charge in [0, 0.05) is 49.5 Å². The van der Waals surface area contributed by atoms with E-state index in [1.165, 1.54) is 0 Å². The highest BCUT2D eigenvalue weighted by Gasteiger charge is 2.12. The minimum atomic E-state index is -0.0179. The standard InChI is InChI=1S/C18H23ClN4O/c1-21(2)10-11-23(14-15-4-7-17(19)8-5-15)18(24)9-6-16-12-20-22(3)13-16/h4-9,12-13H,10-11,14H2,1-3H3/b9-6-. The predicted molar refractivity (Wildman–Crippen MR) is 97.7 cm³/mol. The molecule has 2 rings (SSSR count). The molecule has 0 fully saturated rings. The predicted octanol–water partition coefficient (Wildman–Crippen LogP) is 2.68. The average Bonchev–Trinajstić information content (AvgIpc) is 2.96. The van der Waals surface area contributed by atoms with Crippen molar-refractivity contribution in [3.05, 3.63) is 58.9 Å². The van der Waals surface area contributed by atoms with Crippen molar-refractivity contribution in [2.45, 2.75) is 6.54 Å². The van der Waals surface area contributed by atoms with Crippen molar-refractivity contribution in [3.63, 3.8) is 0 Å². The van der Waals surface area contributed by atoms with Gasteiger partial charge in [0.1, 0.15) is 0 Å². The number of carbonyl (C=O) groups excluding carboxylic acids is 1. The van der Waals surface area contributed by atoms with Gasteiger partial charge in [-0.3, -0.25) is 9.48 Å². The molecule has 6 heteroatoms. The second-order valence-electron chi connectivity index (χ2n) is 5.97. The van der Waals surface area contributed by atoms with Gasteiger partial charge in [-0.25, -0.2) is 0 Å². The molecule has 0 saturated heterocycles. The number of amides is 1. The van der Waals surface area contributed by atoms with Gasteiger partial charge in [-0.05, 0) is 37.9 Å². The van der Waals surface area contributed by atoms with Gasteiger partial charge in [0.25, 0.3) is 0 Å². The van der Waals surface area contributed by atoms with Gasteiger partial charge < -0.3 is 9.80 Å². The largest absolute Gasteiger partial charge is 0.334 e. The molecular weight excluding hydrogens is 324 g/mol. The minimum Gasteiger partial charge on any atom is -0.334 e. The van der Waals surface area contributed by atoms with E-state index < -0.39 is 0 Å². The fourth-order valence-corrected chi connectivity index (χ4v) is 2.32. The molecule has 1 heterocycles. The van der Waals surface area contributed by atoms with Gasteiger partial charge in [-0.2, -0.15) is 5.10 Å². The van der Waals surface area contributed by atoms with E-state index in [2.05, 4.69) is 10.00 Å². The Morgan fingerprint density at radius 3 is 2.54 bits per heavy atom. The maximum Gasteiger partial charge on any atom is 0.246 e. The van der Waals surface area contributed by atoms with Crippen LogP contribution < -0.4 is 0 Å². The van der Waals surface area contributed by atoms with Crippen LogP contribution in [0.1, 0.15) is 11.1 Å². The van der Waals surface area contributed by atoms with Crippen molar-refractivity contribution in [1.29, 1.82) is 0 Å². The number of carbonyl (C=O) groups is 1. The number of nitrogens with zero attached hydrogens (tertiary/aromatic N) is 4. The smallest absolute Gasteiger partial charge is 0.246 e. The van der Waals surface area contributed by atoms with Gasteiger partial charge in [0.05, 0.1) is 6.20 Å². The summed E-state index contributed by atoms with van der Waals surface area (Å²) in [6.45, 7) is 2.02. The molecule has 0 aliphatic carbocycles. The SMILES string of the molecule is CN(C)CCN(Cc1ccc(Cl)cc1)C(=O)/C=C\c1cnn(C)c1. The van der Waals surface area contributed by atoms with Crippen LogP contribution in [0, 0.1) is 0 Å². The monoisotopic (exact) mass is 346 g/mol. The molecule has 1 aromatic carbocycles. The van der Waals surface area contributed by atoms with Crippen LogP contribution >= 0.6 is 11.6 Å². The molecule has 0 saturated carbocycles. The Hall–Kier alpha value is -2.11. The number of hydrogen-bond acceptors (Lipinski definition) is 3. The van der Waals surface area contributed by atoms with Crippen molar-refractivity contribution >= 4 is 23.6 Å². The number of rotatable bonds is 7. The maximum atomic E-state index is 12.6. The Balaban J connectivity index is 2.07. The van der Waals surface area contributed by atoms with Gasteiger partial charge >= 0.3 is 0 Å². The first-order chi connectivity index (χ1) is 11.4. The van der Waals surface area contributed by atoms with E-state index in [0.29, 0.717) is 18.1 Å². The lowest BCUT2D eigenvalue weighted by molar-refractivity contribution is -0.126. The third-order valence-corrected chi connectivity index (χ3v) is 3.81. The molecule has 1 aromatic heterocycles. The van der Waals surface area contributed by atoms with Crippen molar-refractivity contribution in [3.8, 4) is 0 Å². The van der Waals surface area contributed by atoms with E-state index in [4.69, 9.17) is 11.6 Å². The summed E-state index contributed by atoms with van der Waals surface area (Å²) < 4.78 is 1.71. The zero-order chi connectivity index (χ0) is 17.5. The van der Waals surface area contributed by atoms with Crippen molar-refractivity contribution in [2.24, 2.45) is 7.05 Å². The molecule has 0 N–H and O–H groups in total. The Labute approximate surface area is 148 Å². The molecule has 0 aliphatic heterocycles. The Bertz CT molecular complexity index is 691. The molecule has 24 heavy (non-hydrogen) atoms. The number of halogens is 1. The second-order valence-corrected chi connectivity index (χ2v) is 6.41. The van der Waals surface area contributed by atoms with E-state index in [1.807, 2.05) is 56.5 Å². The molecule has 0 radical (unpaired) electrons. The average molecular weight is 347 g/mol. The fraction of sp³-hybridized carbons (Fsp3) is 0.333. The van der Waals surface area contributed by atoms with Gasteiger partial charge in [0.2, 0.25) is 5.91 Å². The first kappa shape index (κ1) is 18.2. The van der Waals surface area contributed by atoms with Gasteiger partial charge in [-0.15, -0.1) is 0 Å². The molecule has 2 aromatic rings. The summed E-state index contributed by atoms with van der Waals surface area (Å²) in [4.78, 5) is 16.5. The number of hydrogen-bond donors (Lipinski definition) is 0. The summed E-state index contributed by atoms with van der Waals surface area (Å²) in [5, 5.41) is 4.79. The van der Waals surface area contributed by atoms with Crippen LogP contribution in [0.4, 0.5) is 0 Å². The molecule has 0 atom stereocenters. The number of benzene rings is 1.